The summed E-state index contributed by atoms with van der Waals surface area (Å²) in [6, 6.07) is 7.36. The number of rotatable bonds is 6. The first-order valence-corrected chi connectivity index (χ1v) is 12.4. The Bertz CT molecular complexity index is 1440. The molecule has 0 radical (unpaired) electrons. The van der Waals surface area contributed by atoms with Crippen molar-refractivity contribution in [2.75, 3.05) is 13.2 Å². The molecule has 2 aliphatic heterocycles. The van der Waals surface area contributed by atoms with E-state index in [9.17, 15) is 50.8 Å². The highest BCUT2D eigenvalue weighted by molar-refractivity contribution is 5.88. The number of hydrogen-bond acceptors (Lipinski definition) is 15. The van der Waals surface area contributed by atoms with Crippen LogP contribution in [0.5, 0.6) is 23.0 Å². The predicted octanol–water partition coefficient (Wildman–Crippen LogP) is -1.78. The number of phenolic OH excluding ortho intramolecular Hbond substituents is 3. The summed E-state index contributed by atoms with van der Waals surface area (Å²) in [5.41, 5.74) is -0.929. The molecular weight excluding hydrogens is 552 g/mol. The van der Waals surface area contributed by atoms with Crippen LogP contribution in [-0.4, -0.2) is 114 Å². The Labute approximate surface area is 230 Å². The molecule has 0 spiro atoms. The minimum Gasteiger partial charge on any atom is -0.508 e. The van der Waals surface area contributed by atoms with E-state index >= 15 is 0 Å². The van der Waals surface area contributed by atoms with Crippen molar-refractivity contribution in [3.05, 3.63) is 46.6 Å². The van der Waals surface area contributed by atoms with Gasteiger partial charge in [0.2, 0.25) is 17.5 Å². The number of ether oxygens (including phenoxy) is 4. The van der Waals surface area contributed by atoms with Gasteiger partial charge in [0.05, 0.1) is 13.2 Å². The maximum absolute atomic E-state index is 13.6. The van der Waals surface area contributed by atoms with Gasteiger partial charge in [-0.25, -0.2) is 0 Å². The van der Waals surface area contributed by atoms with Gasteiger partial charge < -0.3 is 69.3 Å². The molecule has 9 atom stereocenters. The summed E-state index contributed by atoms with van der Waals surface area (Å²) in [5, 5.41) is 90.7. The van der Waals surface area contributed by atoms with Gasteiger partial charge in [0.25, 0.3) is 0 Å². The van der Waals surface area contributed by atoms with E-state index in [1.165, 1.54) is 24.3 Å². The molecule has 0 aliphatic carbocycles. The summed E-state index contributed by atoms with van der Waals surface area (Å²) in [4.78, 5) is 13.6. The van der Waals surface area contributed by atoms with E-state index in [2.05, 4.69) is 0 Å². The van der Waals surface area contributed by atoms with E-state index in [1.54, 1.807) is 0 Å². The van der Waals surface area contributed by atoms with Crippen molar-refractivity contribution >= 4 is 11.0 Å². The van der Waals surface area contributed by atoms with Crippen LogP contribution in [-0.2, 0) is 14.2 Å². The average molecular weight is 580 g/mol. The van der Waals surface area contributed by atoms with Crippen LogP contribution in [0.1, 0.15) is 0 Å². The zero-order valence-corrected chi connectivity index (χ0v) is 21.0. The fourth-order valence-electron chi connectivity index (χ4n) is 4.64. The maximum atomic E-state index is 13.6. The van der Waals surface area contributed by atoms with Crippen LogP contribution in [0.4, 0.5) is 0 Å². The monoisotopic (exact) mass is 580 g/mol. The number of aliphatic hydroxyl groups is 6. The quantitative estimate of drug-likeness (QED) is 0.156. The van der Waals surface area contributed by atoms with Gasteiger partial charge in [-0.2, -0.15) is 0 Å². The Hall–Kier alpha value is -3.51. The lowest BCUT2D eigenvalue weighted by atomic mass is 9.99. The lowest BCUT2D eigenvalue weighted by molar-refractivity contribution is -0.348. The van der Waals surface area contributed by atoms with Gasteiger partial charge in [0, 0.05) is 17.7 Å². The first-order valence-electron chi connectivity index (χ1n) is 12.4. The van der Waals surface area contributed by atoms with Gasteiger partial charge in [0.15, 0.2) is 18.2 Å². The summed E-state index contributed by atoms with van der Waals surface area (Å²) < 4.78 is 28.1. The Morgan fingerprint density at radius 3 is 2.24 bits per heavy atom. The SMILES string of the molecule is O=c1c(O[C@@H]2OC[C@@H](O)[C@H](O)[C@H]2O[C@@H]2O[C@H](CO)[C@@H](O)[C@H](O)[C@H]2O)c(-c2ccc(O)cc2)oc2cc(O)cc(O)c12. The Morgan fingerprint density at radius 1 is 0.854 bits per heavy atom. The zero-order chi connectivity index (χ0) is 29.6. The minimum atomic E-state index is -1.87. The van der Waals surface area contributed by atoms with E-state index in [1.807, 2.05) is 0 Å². The minimum absolute atomic E-state index is 0.102. The molecule has 0 saturated carbocycles. The molecule has 5 rings (SSSR count). The van der Waals surface area contributed by atoms with E-state index < -0.39 is 91.2 Å². The van der Waals surface area contributed by atoms with Gasteiger partial charge in [-0.3, -0.25) is 4.79 Å². The second-order valence-electron chi connectivity index (χ2n) is 9.65. The second-order valence-corrected chi connectivity index (χ2v) is 9.65. The molecule has 2 saturated heterocycles. The third-order valence-corrected chi connectivity index (χ3v) is 6.85. The molecule has 41 heavy (non-hydrogen) atoms. The molecule has 9 N–H and O–H groups in total. The highest BCUT2D eigenvalue weighted by Gasteiger charge is 2.49. The molecule has 2 aliphatic rings. The van der Waals surface area contributed by atoms with Crippen molar-refractivity contribution < 1.29 is 69.3 Å². The van der Waals surface area contributed by atoms with Gasteiger partial charge in [-0.05, 0) is 24.3 Å². The summed E-state index contributed by atoms with van der Waals surface area (Å²) in [7, 11) is 0. The lowest BCUT2D eigenvalue weighted by Gasteiger charge is -2.44. The molecule has 1 aromatic heterocycles. The molecule has 2 fully saturated rings. The average Bonchev–Trinajstić information content (AvgIpc) is 2.93. The fraction of sp³-hybridized carbons (Fsp3) is 0.423. The van der Waals surface area contributed by atoms with E-state index in [4.69, 9.17) is 23.4 Å². The van der Waals surface area contributed by atoms with Crippen molar-refractivity contribution in [2.24, 2.45) is 0 Å². The number of benzene rings is 2. The third kappa shape index (κ3) is 5.42. The normalized spacial score (nSPS) is 32.2. The van der Waals surface area contributed by atoms with Crippen LogP contribution in [0.15, 0.2) is 45.6 Å². The standard InChI is InChI=1S/C26H28O15/c27-7-15-18(33)20(35)21(36)25(39-15)41-24-17(32)13(31)8-37-26(24)40-23-19(34)16-12(30)5-11(29)6-14(16)38-22(23)9-1-3-10(28)4-2-9/h1-6,13,15,17-18,20-21,24-33,35-36H,7-8H2/t13-,15-,17+,18-,20+,21-,24-,25+,26+/m1/s1. The Morgan fingerprint density at radius 2 is 1.56 bits per heavy atom. The smallest absolute Gasteiger partial charge is 0.239 e. The zero-order valence-electron chi connectivity index (χ0n) is 21.0. The van der Waals surface area contributed by atoms with E-state index in [0.29, 0.717) is 0 Å². The largest absolute Gasteiger partial charge is 0.508 e. The Balaban J connectivity index is 1.56. The fourth-order valence-corrected chi connectivity index (χ4v) is 4.64. The maximum Gasteiger partial charge on any atom is 0.239 e. The number of fused-ring (bicyclic) bond motifs is 1. The van der Waals surface area contributed by atoms with Crippen molar-refractivity contribution in [1.82, 2.24) is 0 Å². The van der Waals surface area contributed by atoms with Crippen LogP contribution >= 0.6 is 0 Å². The highest BCUT2D eigenvalue weighted by Crippen LogP contribution is 2.37. The molecule has 2 aromatic carbocycles. The molecular formula is C26H28O15. The first kappa shape index (κ1) is 29.0. The molecule has 15 heteroatoms. The highest BCUT2D eigenvalue weighted by atomic mass is 16.8. The summed E-state index contributed by atoms with van der Waals surface area (Å²) in [6.07, 6.45) is -15.2. The molecule has 0 bridgehead atoms. The third-order valence-electron chi connectivity index (χ3n) is 6.85. The van der Waals surface area contributed by atoms with E-state index in [0.717, 1.165) is 12.1 Å². The summed E-state index contributed by atoms with van der Waals surface area (Å²) >= 11 is 0. The van der Waals surface area contributed by atoms with Gasteiger partial charge >= 0.3 is 0 Å². The topological polar surface area (TPSA) is 249 Å². The van der Waals surface area contributed by atoms with Crippen molar-refractivity contribution in [3.63, 3.8) is 0 Å². The number of hydrogen-bond donors (Lipinski definition) is 9. The van der Waals surface area contributed by atoms with Crippen LogP contribution in [0, 0.1) is 0 Å². The number of aliphatic hydroxyl groups excluding tert-OH is 6. The predicted molar refractivity (Wildman–Crippen MR) is 134 cm³/mol. The van der Waals surface area contributed by atoms with Gasteiger partial charge in [-0.1, -0.05) is 0 Å². The second kappa shape index (κ2) is 11.4. The van der Waals surface area contributed by atoms with Crippen molar-refractivity contribution in [1.29, 1.82) is 0 Å². The van der Waals surface area contributed by atoms with Gasteiger partial charge in [-0.15, -0.1) is 0 Å². The molecule has 3 heterocycles. The molecule has 222 valence electrons. The van der Waals surface area contributed by atoms with E-state index in [-0.39, 0.29) is 28.0 Å². The molecule has 0 amide bonds. The van der Waals surface area contributed by atoms with Crippen LogP contribution in [0.2, 0.25) is 0 Å². The van der Waals surface area contributed by atoms with Gasteiger partial charge in [0.1, 0.15) is 64.8 Å². The number of phenols is 3. The number of aromatic hydroxyl groups is 3. The van der Waals surface area contributed by atoms with Crippen molar-refractivity contribution in [3.8, 4) is 34.3 Å². The molecule has 3 aromatic rings. The van der Waals surface area contributed by atoms with Crippen LogP contribution in [0.25, 0.3) is 22.3 Å². The van der Waals surface area contributed by atoms with Crippen molar-refractivity contribution in [2.45, 2.75) is 55.3 Å². The molecule has 15 nitrogen and oxygen atoms in total. The lowest BCUT2D eigenvalue weighted by Crippen LogP contribution is -2.63. The van der Waals surface area contributed by atoms with Crippen LogP contribution in [0.3, 0.4) is 0 Å². The summed E-state index contributed by atoms with van der Waals surface area (Å²) in [6.45, 7) is -1.25. The Kier molecular flexibility index (Phi) is 8.06. The first-order chi connectivity index (χ1) is 19.5. The summed E-state index contributed by atoms with van der Waals surface area (Å²) in [5.74, 6) is -1.92. The molecule has 0 unspecified atom stereocenters. The van der Waals surface area contributed by atoms with Crippen LogP contribution < -0.4 is 10.2 Å².